The molecule has 0 radical (unpaired) electrons. The highest BCUT2D eigenvalue weighted by molar-refractivity contribution is 5.10. The lowest BCUT2D eigenvalue weighted by molar-refractivity contribution is 0.232. The van der Waals surface area contributed by atoms with Gasteiger partial charge in [-0.3, -0.25) is 4.68 Å². The Hall–Kier alpha value is -0.870. The highest BCUT2D eigenvalue weighted by Gasteiger charge is 2.14. The first kappa shape index (κ1) is 13.2. The summed E-state index contributed by atoms with van der Waals surface area (Å²) < 4.78 is 1.76. The lowest BCUT2D eigenvalue weighted by Gasteiger charge is -2.20. The van der Waals surface area contributed by atoms with Gasteiger partial charge < -0.3 is 10.4 Å². The molecule has 0 saturated heterocycles. The molecule has 0 fully saturated rings. The van der Waals surface area contributed by atoms with Gasteiger partial charge in [-0.25, -0.2) is 0 Å². The Morgan fingerprint density at radius 3 is 2.81 bits per heavy atom. The standard InChI is InChI=1S/C12H23N3O/c1-4-5-6-10(2)14-12(9-16)11-7-13-15(3)8-11/h7-8,10,12,14,16H,4-6,9H2,1-3H3. The molecule has 1 aromatic rings. The molecule has 2 N–H and O–H groups in total. The minimum Gasteiger partial charge on any atom is -0.394 e. The minimum atomic E-state index is 0.000515. The molecular weight excluding hydrogens is 202 g/mol. The summed E-state index contributed by atoms with van der Waals surface area (Å²) in [7, 11) is 1.89. The molecular formula is C12H23N3O. The fourth-order valence-electron chi connectivity index (χ4n) is 1.81. The van der Waals surface area contributed by atoms with Crippen molar-refractivity contribution in [1.29, 1.82) is 0 Å². The number of nitrogens with zero attached hydrogens (tertiary/aromatic N) is 2. The number of aromatic nitrogens is 2. The van der Waals surface area contributed by atoms with Gasteiger partial charge in [-0.05, 0) is 13.3 Å². The van der Waals surface area contributed by atoms with Crippen molar-refractivity contribution in [2.45, 2.75) is 45.2 Å². The number of hydrogen-bond acceptors (Lipinski definition) is 3. The molecule has 1 rings (SSSR count). The van der Waals surface area contributed by atoms with E-state index in [1.165, 1.54) is 12.8 Å². The van der Waals surface area contributed by atoms with Crippen molar-refractivity contribution in [1.82, 2.24) is 15.1 Å². The number of unbranched alkanes of at least 4 members (excludes halogenated alkanes) is 1. The molecule has 4 nitrogen and oxygen atoms in total. The highest BCUT2D eigenvalue weighted by atomic mass is 16.3. The van der Waals surface area contributed by atoms with Crippen LogP contribution in [0.3, 0.4) is 0 Å². The predicted molar refractivity (Wildman–Crippen MR) is 65.2 cm³/mol. The maximum atomic E-state index is 9.36. The van der Waals surface area contributed by atoms with Crippen LogP contribution in [-0.4, -0.2) is 27.5 Å². The van der Waals surface area contributed by atoms with Crippen molar-refractivity contribution in [3.05, 3.63) is 18.0 Å². The molecule has 2 unspecified atom stereocenters. The van der Waals surface area contributed by atoms with Crippen molar-refractivity contribution in [2.24, 2.45) is 7.05 Å². The van der Waals surface area contributed by atoms with Crippen LogP contribution in [0.15, 0.2) is 12.4 Å². The molecule has 4 heteroatoms. The Kier molecular flexibility index (Phi) is 5.49. The highest BCUT2D eigenvalue weighted by Crippen LogP contribution is 2.13. The van der Waals surface area contributed by atoms with Crippen LogP contribution in [-0.2, 0) is 7.05 Å². The largest absolute Gasteiger partial charge is 0.394 e. The lowest BCUT2D eigenvalue weighted by atomic mass is 10.1. The van der Waals surface area contributed by atoms with Gasteiger partial charge in [-0.15, -0.1) is 0 Å². The zero-order chi connectivity index (χ0) is 12.0. The van der Waals surface area contributed by atoms with Crippen LogP contribution in [0, 0.1) is 0 Å². The fourth-order valence-corrected chi connectivity index (χ4v) is 1.81. The topological polar surface area (TPSA) is 50.1 Å². The quantitative estimate of drug-likeness (QED) is 0.741. The van der Waals surface area contributed by atoms with Crippen LogP contribution in [0.5, 0.6) is 0 Å². The van der Waals surface area contributed by atoms with E-state index in [1.54, 1.807) is 10.9 Å². The molecule has 0 spiro atoms. The summed E-state index contributed by atoms with van der Waals surface area (Å²) in [5.41, 5.74) is 1.05. The second kappa shape index (κ2) is 6.66. The molecule has 0 aliphatic carbocycles. The zero-order valence-corrected chi connectivity index (χ0v) is 10.5. The Balaban J connectivity index is 2.48. The SMILES string of the molecule is CCCCC(C)NC(CO)c1cnn(C)c1. The molecule has 1 aromatic heterocycles. The van der Waals surface area contributed by atoms with E-state index in [9.17, 15) is 5.11 Å². The van der Waals surface area contributed by atoms with Crippen LogP contribution >= 0.6 is 0 Å². The first-order valence-electron chi connectivity index (χ1n) is 6.02. The van der Waals surface area contributed by atoms with Gasteiger partial charge in [0.05, 0.1) is 18.8 Å². The summed E-state index contributed by atoms with van der Waals surface area (Å²) in [5.74, 6) is 0. The van der Waals surface area contributed by atoms with Crippen LogP contribution in [0.4, 0.5) is 0 Å². The summed E-state index contributed by atoms with van der Waals surface area (Å²) in [6, 6.07) is 0.429. The molecule has 0 amide bonds. The second-order valence-electron chi connectivity index (χ2n) is 4.39. The van der Waals surface area contributed by atoms with E-state index in [0.29, 0.717) is 6.04 Å². The van der Waals surface area contributed by atoms with E-state index in [4.69, 9.17) is 0 Å². The van der Waals surface area contributed by atoms with Crippen LogP contribution in [0.2, 0.25) is 0 Å². The molecule has 2 atom stereocenters. The molecule has 0 bridgehead atoms. The van der Waals surface area contributed by atoms with Gasteiger partial charge in [0.2, 0.25) is 0 Å². The summed E-state index contributed by atoms with van der Waals surface area (Å²) in [6.07, 6.45) is 7.33. The van der Waals surface area contributed by atoms with Gasteiger partial charge >= 0.3 is 0 Å². The fraction of sp³-hybridized carbons (Fsp3) is 0.750. The van der Waals surface area contributed by atoms with E-state index in [2.05, 4.69) is 24.3 Å². The first-order chi connectivity index (χ1) is 7.67. The third kappa shape index (κ3) is 3.94. The third-order valence-electron chi connectivity index (χ3n) is 2.79. The third-order valence-corrected chi connectivity index (χ3v) is 2.79. The van der Waals surface area contributed by atoms with Gasteiger partial charge in [0.1, 0.15) is 0 Å². The van der Waals surface area contributed by atoms with Crippen molar-refractivity contribution in [3.8, 4) is 0 Å². The van der Waals surface area contributed by atoms with Crippen molar-refractivity contribution >= 4 is 0 Å². The first-order valence-corrected chi connectivity index (χ1v) is 6.02. The van der Waals surface area contributed by atoms with Crippen molar-refractivity contribution in [2.75, 3.05) is 6.61 Å². The summed E-state index contributed by atoms with van der Waals surface area (Å²) in [4.78, 5) is 0. The number of aliphatic hydroxyl groups excluding tert-OH is 1. The molecule has 0 aliphatic heterocycles. The molecule has 0 saturated carbocycles. The maximum Gasteiger partial charge on any atom is 0.0627 e. The van der Waals surface area contributed by atoms with Gasteiger partial charge in [0, 0.05) is 24.8 Å². The average Bonchev–Trinajstić information content (AvgIpc) is 2.69. The summed E-state index contributed by atoms with van der Waals surface area (Å²) >= 11 is 0. The van der Waals surface area contributed by atoms with E-state index < -0.39 is 0 Å². The normalized spacial score (nSPS) is 15.0. The maximum absolute atomic E-state index is 9.36. The summed E-state index contributed by atoms with van der Waals surface area (Å²) in [5, 5.41) is 16.9. The predicted octanol–water partition coefficient (Wildman–Crippen LogP) is 1.62. The second-order valence-corrected chi connectivity index (χ2v) is 4.39. The Bertz CT molecular complexity index is 298. The van der Waals surface area contributed by atoms with Crippen LogP contribution < -0.4 is 5.32 Å². The zero-order valence-electron chi connectivity index (χ0n) is 10.5. The number of hydrogen-bond donors (Lipinski definition) is 2. The van der Waals surface area contributed by atoms with E-state index in [1.807, 2.05) is 13.2 Å². The number of aliphatic hydroxyl groups is 1. The van der Waals surface area contributed by atoms with Crippen molar-refractivity contribution in [3.63, 3.8) is 0 Å². The van der Waals surface area contributed by atoms with E-state index in [-0.39, 0.29) is 12.6 Å². The number of nitrogens with one attached hydrogen (secondary N) is 1. The Morgan fingerprint density at radius 2 is 2.31 bits per heavy atom. The Morgan fingerprint density at radius 1 is 1.56 bits per heavy atom. The minimum absolute atomic E-state index is 0.000515. The molecule has 16 heavy (non-hydrogen) atoms. The monoisotopic (exact) mass is 225 g/mol. The molecule has 1 heterocycles. The van der Waals surface area contributed by atoms with Crippen LogP contribution in [0.1, 0.15) is 44.7 Å². The smallest absolute Gasteiger partial charge is 0.0627 e. The molecule has 0 aliphatic rings. The van der Waals surface area contributed by atoms with Crippen molar-refractivity contribution < 1.29 is 5.11 Å². The lowest BCUT2D eigenvalue weighted by Crippen LogP contribution is -2.32. The van der Waals surface area contributed by atoms with Gasteiger partial charge in [-0.1, -0.05) is 19.8 Å². The average molecular weight is 225 g/mol. The Labute approximate surface area is 97.7 Å². The molecule has 0 aromatic carbocycles. The van der Waals surface area contributed by atoms with E-state index >= 15 is 0 Å². The van der Waals surface area contributed by atoms with E-state index in [0.717, 1.165) is 12.0 Å². The van der Waals surface area contributed by atoms with Gasteiger partial charge in [0.25, 0.3) is 0 Å². The molecule has 92 valence electrons. The number of aryl methyl sites for hydroxylation is 1. The van der Waals surface area contributed by atoms with Crippen LogP contribution in [0.25, 0.3) is 0 Å². The summed E-state index contributed by atoms with van der Waals surface area (Å²) in [6.45, 7) is 4.47. The van der Waals surface area contributed by atoms with Gasteiger partial charge in [-0.2, -0.15) is 5.10 Å². The van der Waals surface area contributed by atoms with Gasteiger partial charge in [0.15, 0.2) is 0 Å². The number of rotatable bonds is 7.